The molecule has 8 heteroatoms. The van der Waals surface area contributed by atoms with E-state index in [1.54, 1.807) is 10.7 Å². The molecular weight excluding hydrogens is 348 g/mol. The molecular formula is C18H22N6OS. The van der Waals surface area contributed by atoms with Crippen LogP contribution >= 0.6 is 11.8 Å². The number of hydrogen-bond acceptors (Lipinski definition) is 6. The van der Waals surface area contributed by atoms with Gasteiger partial charge in [-0.05, 0) is 31.9 Å². The molecule has 3 aromatic rings. The summed E-state index contributed by atoms with van der Waals surface area (Å²) in [6.07, 6.45) is 5.97. The van der Waals surface area contributed by atoms with Gasteiger partial charge in [-0.2, -0.15) is 0 Å². The number of aromatic amines is 1. The van der Waals surface area contributed by atoms with Gasteiger partial charge in [0.15, 0.2) is 5.82 Å². The van der Waals surface area contributed by atoms with Crippen molar-refractivity contribution in [1.29, 1.82) is 0 Å². The molecule has 2 aromatic heterocycles. The summed E-state index contributed by atoms with van der Waals surface area (Å²) in [5.41, 5.74) is 0.561. The van der Waals surface area contributed by atoms with Crippen LogP contribution in [0.4, 0.5) is 0 Å². The summed E-state index contributed by atoms with van der Waals surface area (Å²) in [6.45, 7) is 1.98. The van der Waals surface area contributed by atoms with E-state index < -0.39 is 0 Å². The molecule has 7 nitrogen and oxygen atoms in total. The number of H-pyrrole nitrogens is 1. The van der Waals surface area contributed by atoms with Crippen LogP contribution in [0.1, 0.15) is 61.8 Å². The topological polar surface area (TPSA) is 102 Å². The minimum atomic E-state index is -0.129. The SMILES string of the molecule is CC(Sc1nnc(C2CCCCC2)n1N)c1nc2ccccc2c(=O)[nH]1. The fourth-order valence-corrected chi connectivity index (χ4v) is 4.35. The van der Waals surface area contributed by atoms with Gasteiger partial charge in [0.1, 0.15) is 5.82 Å². The maximum Gasteiger partial charge on any atom is 0.258 e. The number of nitrogen functional groups attached to an aromatic ring is 1. The molecule has 26 heavy (non-hydrogen) atoms. The maximum atomic E-state index is 12.3. The van der Waals surface area contributed by atoms with Gasteiger partial charge in [0.25, 0.3) is 5.56 Å². The van der Waals surface area contributed by atoms with Crippen molar-refractivity contribution < 1.29 is 0 Å². The fourth-order valence-electron chi connectivity index (χ4n) is 3.52. The Bertz CT molecular complexity index is 975. The molecule has 1 unspecified atom stereocenters. The van der Waals surface area contributed by atoms with Gasteiger partial charge in [0.05, 0.1) is 16.2 Å². The van der Waals surface area contributed by atoms with E-state index in [1.807, 2.05) is 25.1 Å². The fraction of sp³-hybridized carbons (Fsp3) is 0.444. The van der Waals surface area contributed by atoms with Crippen LogP contribution in [0.5, 0.6) is 0 Å². The second kappa shape index (κ2) is 7.11. The van der Waals surface area contributed by atoms with Crippen molar-refractivity contribution in [2.24, 2.45) is 0 Å². The van der Waals surface area contributed by atoms with Gasteiger partial charge in [0.2, 0.25) is 5.16 Å². The first-order valence-corrected chi connectivity index (χ1v) is 9.87. The van der Waals surface area contributed by atoms with E-state index in [2.05, 4.69) is 20.2 Å². The minimum absolute atomic E-state index is 0.0991. The number of aromatic nitrogens is 5. The van der Waals surface area contributed by atoms with E-state index in [1.165, 1.54) is 31.0 Å². The van der Waals surface area contributed by atoms with Gasteiger partial charge in [-0.1, -0.05) is 43.2 Å². The van der Waals surface area contributed by atoms with Crippen LogP contribution in [0.2, 0.25) is 0 Å². The smallest absolute Gasteiger partial charge is 0.258 e. The molecule has 0 radical (unpaired) electrons. The Kier molecular flexibility index (Phi) is 4.67. The summed E-state index contributed by atoms with van der Waals surface area (Å²) in [7, 11) is 0. The molecule has 1 aromatic carbocycles. The van der Waals surface area contributed by atoms with E-state index in [9.17, 15) is 4.79 Å². The van der Waals surface area contributed by atoms with Gasteiger partial charge in [-0.3, -0.25) is 4.79 Å². The van der Waals surface area contributed by atoms with Crippen LogP contribution in [0.3, 0.4) is 0 Å². The van der Waals surface area contributed by atoms with Gasteiger partial charge >= 0.3 is 0 Å². The Morgan fingerprint density at radius 3 is 2.81 bits per heavy atom. The van der Waals surface area contributed by atoms with E-state index >= 15 is 0 Å². The first-order valence-electron chi connectivity index (χ1n) is 8.99. The third-order valence-electron chi connectivity index (χ3n) is 4.96. The lowest BCUT2D eigenvalue weighted by Gasteiger charge is -2.20. The second-order valence-corrected chi connectivity index (χ2v) is 8.08. The van der Waals surface area contributed by atoms with Gasteiger partial charge in [-0.15, -0.1) is 10.2 Å². The minimum Gasteiger partial charge on any atom is -0.336 e. The van der Waals surface area contributed by atoms with Gasteiger partial charge in [-0.25, -0.2) is 9.66 Å². The van der Waals surface area contributed by atoms with Crippen molar-refractivity contribution in [2.75, 3.05) is 5.84 Å². The Hall–Kier alpha value is -2.35. The van der Waals surface area contributed by atoms with Crippen molar-refractivity contribution in [2.45, 2.75) is 55.4 Å². The summed E-state index contributed by atoms with van der Waals surface area (Å²) in [5.74, 6) is 8.13. The number of hydrogen-bond donors (Lipinski definition) is 2. The lowest BCUT2D eigenvalue weighted by atomic mass is 9.89. The third kappa shape index (κ3) is 3.21. The molecule has 1 atom stereocenters. The molecule has 1 saturated carbocycles. The molecule has 4 rings (SSSR count). The highest BCUT2D eigenvalue weighted by Crippen LogP contribution is 2.35. The summed E-state index contributed by atoms with van der Waals surface area (Å²) in [5, 5.41) is 9.74. The monoisotopic (exact) mass is 370 g/mol. The van der Waals surface area contributed by atoms with Crippen LogP contribution in [0.25, 0.3) is 10.9 Å². The predicted molar refractivity (Wildman–Crippen MR) is 103 cm³/mol. The molecule has 0 spiro atoms. The molecule has 2 heterocycles. The van der Waals surface area contributed by atoms with E-state index in [0.29, 0.717) is 27.8 Å². The van der Waals surface area contributed by atoms with Crippen molar-refractivity contribution in [3.8, 4) is 0 Å². The Morgan fingerprint density at radius 1 is 1.23 bits per heavy atom. The number of para-hydroxylation sites is 1. The lowest BCUT2D eigenvalue weighted by Crippen LogP contribution is -2.19. The largest absolute Gasteiger partial charge is 0.336 e. The number of nitrogens with zero attached hydrogens (tertiary/aromatic N) is 4. The average Bonchev–Trinajstić information content (AvgIpc) is 3.03. The first kappa shape index (κ1) is 17.1. The van der Waals surface area contributed by atoms with Crippen LogP contribution < -0.4 is 11.4 Å². The van der Waals surface area contributed by atoms with Crippen LogP contribution in [-0.4, -0.2) is 24.8 Å². The number of thioether (sulfide) groups is 1. The molecule has 3 N–H and O–H groups in total. The number of nitrogens with two attached hydrogens (primary N) is 1. The van der Waals surface area contributed by atoms with Crippen molar-refractivity contribution in [1.82, 2.24) is 24.8 Å². The summed E-state index contributed by atoms with van der Waals surface area (Å²) < 4.78 is 1.61. The zero-order valence-electron chi connectivity index (χ0n) is 14.7. The molecule has 1 fully saturated rings. The molecule has 0 bridgehead atoms. The maximum absolute atomic E-state index is 12.3. The lowest BCUT2D eigenvalue weighted by molar-refractivity contribution is 0.421. The van der Waals surface area contributed by atoms with Gasteiger partial charge < -0.3 is 10.8 Å². The van der Waals surface area contributed by atoms with Crippen molar-refractivity contribution in [3.63, 3.8) is 0 Å². The standard InChI is InChI=1S/C18H22N6OS/c1-11(15-20-14-10-6-5-9-13(14)17(25)21-15)26-18-23-22-16(24(18)19)12-7-3-2-4-8-12/h5-6,9-12H,2-4,7-8,19H2,1H3,(H,20,21,25). The van der Waals surface area contributed by atoms with Gasteiger partial charge in [0, 0.05) is 5.92 Å². The van der Waals surface area contributed by atoms with Crippen molar-refractivity contribution >= 4 is 22.7 Å². The molecule has 1 aliphatic carbocycles. The van der Waals surface area contributed by atoms with E-state index in [-0.39, 0.29) is 10.8 Å². The third-order valence-corrected chi connectivity index (χ3v) is 6.03. The van der Waals surface area contributed by atoms with Crippen LogP contribution in [-0.2, 0) is 0 Å². The molecule has 0 aliphatic heterocycles. The molecule has 0 amide bonds. The highest BCUT2D eigenvalue weighted by Gasteiger charge is 2.24. The molecule has 1 aliphatic rings. The molecule has 136 valence electrons. The second-order valence-electron chi connectivity index (χ2n) is 6.77. The van der Waals surface area contributed by atoms with Crippen molar-refractivity contribution in [3.05, 3.63) is 46.3 Å². The Balaban J connectivity index is 1.58. The average molecular weight is 370 g/mol. The zero-order valence-corrected chi connectivity index (χ0v) is 15.5. The van der Waals surface area contributed by atoms with E-state index in [0.717, 1.165) is 18.7 Å². The summed E-state index contributed by atoms with van der Waals surface area (Å²) in [6, 6.07) is 7.33. The highest BCUT2D eigenvalue weighted by molar-refractivity contribution is 7.99. The Morgan fingerprint density at radius 2 is 2.00 bits per heavy atom. The predicted octanol–water partition coefficient (Wildman–Crippen LogP) is 3.13. The quantitative estimate of drug-likeness (QED) is 0.540. The van der Waals surface area contributed by atoms with Crippen LogP contribution in [0, 0.1) is 0 Å². The number of fused-ring (bicyclic) bond motifs is 1. The summed E-state index contributed by atoms with van der Waals surface area (Å²) >= 11 is 1.46. The zero-order chi connectivity index (χ0) is 18.1. The number of rotatable bonds is 4. The van der Waals surface area contributed by atoms with E-state index in [4.69, 9.17) is 5.84 Å². The number of nitrogens with one attached hydrogen (secondary N) is 1. The Labute approximate surface area is 155 Å². The normalized spacial score (nSPS) is 16.8. The van der Waals surface area contributed by atoms with Crippen LogP contribution in [0.15, 0.2) is 34.2 Å². The highest BCUT2D eigenvalue weighted by atomic mass is 32.2. The first-order chi connectivity index (χ1) is 12.6. The molecule has 0 saturated heterocycles. The number of benzene rings is 1. The summed E-state index contributed by atoms with van der Waals surface area (Å²) in [4.78, 5) is 19.7.